The molecule has 0 atom stereocenters. The Kier molecular flexibility index (Phi) is 6.63. The maximum Gasteiger partial charge on any atom is 0.329 e. The number of imidazole rings is 1. The molecule has 0 fully saturated rings. The number of rotatable bonds is 9. The molecule has 0 spiro atoms. The number of nitrogens with one attached hydrogen (secondary N) is 2. The maximum absolute atomic E-state index is 12.5. The number of aromatic amines is 1. The van der Waals surface area contributed by atoms with Crippen LogP contribution < -0.4 is 16.7 Å². The molecule has 0 amide bonds. The van der Waals surface area contributed by atoms with E-state index in [-0.39, 0.29) is 11.3 Å². The van der Waals surface area contributed by atoms with Crippen LogP contribution >= 0.6 is 0 Å². The number of H-pyrrole nitrogens is 1. The van der Waals surface area contributed by atoms with E-state index in [4.69, 9.17) is 0 Å². The molecular weight excluding hydrogens is 402 g/mol. The van der Waals surface area contributed by atoms with Gasteiger partial charge in [-0.15, -0.1) is 0 Å². The molecule has 0 saturated heterocycles. The molecule has 1 aromatic carbocycles. The molecule has 0 unspecified atom stereocenters. The van der Waals surface area contributed by atoms with E-state index in [1.54, 1.807) is 23.6 Å². The predicted molar refractivity (Wildman–Crippen MR) is 119 cm³/mol. The lowest BCUT2D eigenvalue weighted by atomic mass is 10.1. The summed E-state index contributed by atoms with van der Waals surface area (Å²) in [4.78, 5) is 41.7. The first-order valence-electron chi connectivity index (χ1n) is 10.1. The number of hydrazone groups is 1. The van der Waals surface area contributed by atoms with Gasteiger partial charge in [-0.05, 0) is 13.3 Å². The summed E-state index contributed by atoms with van der Waals surface area (Å²) in [7, 11) is 1.54. The van der Waals surface area contributed by atoms with E-state index in [1.165, 1.54) is 23.7 Å². The van der Waals surface area contributed by atoms with Gasteiger partial charge in [0, 0.05) is 31.3 Å². The van der Waals surface area contributed by atoms with Crippen molar-refractivity contribution in [1.82, 2.24) is 19.1 Å². The van der Waals surface area contributed by atoms with Gasteiger partial charge < -0.3 is 4.57 Å². The summed E-state index contributed by atoms with van der Waals surface area (Å²) >= 11 is 0. The van der Waals surface area contributed by atoms with E-state index in [2.05, 4.69) is 27.4 Å². The van der Waals surface area contributed by atoms with Crippen LogP contribution in [-0.2, 0) is 13.6 Å². The minimum atomic E-state index is -0.545. The summed E-state index contributed by atoms with van der Waals surface area (Å²) < 4.78 is 3.00. The zero-order valence-corrected chi connectivity index (χ0v) is 17.7. The lowest BCUT2D eigenvalue weighted by Gasteiger charge is -2.08. The van der Waals surface area contributed by atoms with Gasteiger partial charge in [0.25, 0.3) is 11.2 Å². The van der Waals surface area contributed by atoms with Crippen molar-refractivity contribution in [3.8, 4) is 0 Å². The number of aryl methyl sites for hydroxylation is 2. The van der Waals surface area contributed by atoms with Gasteiger partial charge in [-0.25, -0.2) is 10.2 Å². The summed E-state index contributed by atoms with van der Waals surface area (Å²) in [6.45, 7) is 4.36. The lowest BCUT2D eigenvalue weighted by Crippen LogP contribution is -2.29. The topological polar surface area (TPSA) is 140 Å². The van der Waals surface area contributed by atoms with E-state index in [0.29, 0.717) is 29.3 Å². The number of benzene rings is 1. The second-order valence-electron chi connectivity index (χ2n) is 7.25. The van der Waals surface area contributed by atoms with Crippen LogP contribution in [0.25, 0.3) is 11.2 Å². The molecular formula is C20H25N7O4. The first-order chi connectivity index (χ1) is 14.8. The Balaban J connectivity index is 1.99. The smallest absolute Gasteiger partial charge is 0.303 e. The average Bonchev–Trinajstić information content (AvgIpc) is 3.12. The van der Waals surface area contributed by atoms with Crippen molar-refractivity contribution in [1.29, 1.82) is 0 Å². The van der Waals surface area contributed by atoms with Gasteiger partial charge in [-0.2, -0.15) is 10.1 Å². The van der Waals surface area contributed by atoms with Crippen molar-refractivity contribution in [2.24, 2.45) is 12.1 Å². The zero-order chi connectivity index (χ0) is 22.5. The number of hydrogen-bond donors (Lipinski definition) is 2. The van der Waals surface area contributed by atoms with Crippen LogP contribution in [0.3, 0.4) is 0 Å². The van der Waals surface area contributed by atoms with Gasteiger partial charge in [-0.1, -0.05) is 38.3 Å². The standard InChI is InChI=1S/C20H25N7O4/c1-4-5-6-7-11-26-16-17(25(3)20(29)22-18(16)28)21-19(26)24-23-13(2)14-9-8-10-15(12-14)27(30)31/h8-10,12H,4-7,11H2,1-3H3,(H,21,24)(H,22,28,29)/b23-13+. The van der Waals surface area contributed by atoms with E-state index in [0.717, 1.165) is 25.7 Å². The summed E-state index contributed by atoms with van der Waals surface area (Å²) in [5, 5.41) is 15.3. The number of nitro benzene ring substituents is 1. The Bertz CT molecular complexity index is 1250. The minimum Gasteiger partial charge on any atom is -0.303 e. The van der Waals surface area contributed by atoms with Gasteiger partial charge in [0.1, 0.15) is 0 Å². The van der Waals surface area contributed by atoms with Crippen molar-refractivity contribution in [2.45, 2.75) is 46.1 Å². The molecule has 0 aliphatic rings. The highest BCUT2D eigenvalue weighted by Gasteiger charge is 2.17. The molecule has 0 saturated carbocycles. The Morgan fingerprint density at radius 3 is 2.77 bits per heavy atom. The summed E-state index contributed by atoms with van der Waals surface area (Å²) in [5.74, 6) is 0.322. The zero-order valence-electron chi connectivity index (χ0n) is 17.7. The molecule has 3 aromatic rings. The second kappa shape index (κ2) is 9.37. The van der Waals surface area contributed by atoms with Gasteiger partial charge in [0.2, 0.25) is 5.95 Å². The molecule has 2 aromatic heterocycles. The third kappa shape index (κ3) is 4.71. The molecule has 0 aliphatic heterocycles. The summed E-state index contributed by atoms with van der Waals surface area (Å²) in [6, 6.07) is 6.15. The first-order valence-corrected chi connectivity index (χ1v) is 10.1. The second-order valence-corrected chi connectivity index (χ2v) is 7.25. The largest absolute Gasteiger partial charge is 0.329 e. The fourth-order valence-corrected chi connectivity index (χ4v) is 3.28. The number of nitrogens with zero attached hydrogens (tertiary/aromatic N) is 5. The molecule has 0 radical (unpaired) electrons. The highest BCUT2D eigenvalue weighted by molar-refractivity contribution is 5.99. The number of aromatic nitrogens is 4. The molecule has 3 rings (SSSR count). The number of hydrogen-bond acceptors (Lipinski definition) is 7. The van der Waals surface area contributed by atoms with Crippen LogP contribution in [0.15, 0.2) is 39.0 Å². The number of fused-ring (bicyclic) bond motifs is 1. The summed E-state index contributed by atoms with van der Waals surface area (Å²) in [5.41, 5.74) is 3.43. The van der Waals surface area contributed by atoms with Crippen LogP contribution in [0.4, 0.5) is 11.6 Å². The quantitative estimate of drug-likeness (QED) is 0.233. The first kappa shape index (κ1) is 21.9. The van der Waals surface area contributed by atoms with E-state index < -0.39 is 16.2 Å². The van der Waals surface area contributed by atoms with Crippen LogP contribution in [0.5, 0.6) is 0 Å². The monoisotopic (exact) mass is 427 g/mol. The number of non-ortho nitro benzene ring substituents is 1. The Morgan fingerprint density at radius 1 is 1.29 bits per heavy atom. The van der Waals surface area contributed by atoms with Gasteiger partial charge >= 0.3 is 5.69 Å². The van der Waals surface area contributed by atoms with Crippen molar-refractivity contribution in [3.63, 3.8) is 0 Å². The summed E-state index contributed by atoms with van der Waals surface area (Å²) in [6.07, 6.45) is 3.99. The normalized spacial score (nSPS) is 11.8. The van der Waals surface area contributed by atoms with Crippen molar-refractivity contribution >= 4 is 28.5 Å². The fourth-order valence-electron chi connectivity index (χ4n) is 3.28. The van der Waals surface area contributed by atoms with Gasteiger partial charge in [0.05, 0.1) is 10.6 Å². The molecule has 164 valence electrons. The van der Waals surface area contributed by atoms with Crippen LogP contribution in [0, 0.1) is 10.1 Å². The fraction of sp³-hybridized carbons (Fsp3) is 0.400. The molecule has 31 heavy (non-hydrogen) atoms. The number of anilines is 1. The van der Waals surface area contributed by atoms with Gasteiger partial charge in [-0.3, -0.25) is 24.5 Å². The number of nitro groups is 1. The number of unbranched alkanes of at least 4 members (excludes halogenated alkanes) is 3. The van der Waals surface area contributed by atoms with Crippen LogP contribution in [0.1, 0.15) is 45.1 Å². The SMILES string of the molecule is CCCCCCn1c(N/N=C(\C)c2cccc([N+](=O)[O-])c2)nc2c1c(=O)[nH]c(=O)n2C. The van der Waals surface area contributed by atoms with Crippen molar-refractivity contribution in [3.05, 3.63) is 60.8 Å². The molecule has 2 heterocycles. The average molecular weight is 427 g/mol. The highest BCUT2D eigenvalue weighted by atomic mass is 16.6. The van der Waals surface area contributed by atoms with Crippen LogP contribution in [0.2, 0.25) is 0 Å². The third-order valence-electron chi connectivity index (χ3n) is 5.04. The molecule has 0 aliphatic carbocycles. The van der Waals surface area contributed by atoms with E-state index in [9.17, 15) is 19.7 Å². The van der Waals surface area contributed by atoms with Crippen LogP contribution in [-0.4, -0.2) is 29.7 Å². The maximum atomic E-state index is 12.5. The highest BCUT2D eigenvalue weighted by Crippen LogP contribution is 2.18. The van der Waals surface area contributed by atoms with Gasteiger partial charge in [0.15, 0.2) is 11.2 Å². The molecule has 0 bridgehead atoms. The Morgan fingerprint density at radius 2 is 2.06 bits per heavy atom. The Labute approximate surface area is 177 Å². The lowest BCUT2D eigenvalue weighted by molar-refractivity contribution is -0.384. The van der Waals surface area contributed by atoms with Crippen molar-refractivity contribution in [2.75, 3.05) is 5.43 Å². The predicted octanol–water partition coefficient (Wildman–Crippen LogP) is 2.75. The van der Waals surface area contributed by atoms with E-state index in [1.807, 2.05) is 0 Å². The minimum absolute atomic E-state index is 0.0308. The third-order valence-corrected chi connectivity index (χ3v) is 5.04. The Hall–Kier alpha value is -3.76. The molecule has 11 nitrogen and oxygen atoms in total. The molecule has 2 N–H and O–H groups in total. The van der Waals surface area contributed by atoms with Crippen molar-refractivity contribution < 1.29 is 4.92 Å². The molecule has 11 heteroatoms. The van der Waals surface area contributed by atoms with E-state index >= 15 is 0 Å².